The van der Waals surface area contributed by atoms with Gasteiger partial charge in [0.1, 0.15) is 0 Å². The summed E-state index contributed by atoms with van der Waals surface area (Å²) in [7, 11) is 0. The molecule has 6 atom stereocenters. The fourth-order valence-electron chi connectivity index (χ4n) is 6.87. The molecule has 2 fully saturated rings. The molecule has 0 aromatic heterocycles. The third kappa shape index (κ3) is 1.88. The van der Waals surface area contributed by atoms with Crippen LogP contribution in [-0.2, 0) is 0 Å². The summed E-state index contributed by atoms with van der Waals surface area (Å²) in [5.41, 5.74) is 4.64. The maximum atomic E-state index is 2.71. The molecule has 0 nitrogen and oxygen atoms in total. The van der Waals surface area contributed by atoms with E-state index in [1.165, 1.54) is 51.4 Å². The summed E-state index contributed by atoms with van der Waals surface area (Å²) in [6, 6.07) is 0. The first-order chi connectivity index (χ1) is 10.5. The molecule has 0 radical (unpaired) electrons. The minimum absolute atomic E-state index is 0.531. The molecule has 2 saturated carbocycles. The van der Waals surface area contributed by atoms with E-state index in [0.717, 1.165) is 23.7 Å². The van der Waals surface area contributed by atoms with E-state index >= 15 is 0 Å². The Labute approximate surface area is 137 Å². The predicted molar refractivity (Wildman–Crippen MR) is 94.6 cm³/mol. The van der Waals surface area contributed by atoms with Crippen LogP contribution in [0.2, 0.25) is 0 Å². The van der Waals surface area contributed by atoms with Crippen LogP contribution >= 0.6 is 0 Å². The van der Waals surface area contributed by atoms with Crippen molar-refractivity contribution in [3.63, 3.8) is 0 Å². The predicted octanol–water partition coefficient (Wildman–Crippen LogP) is 6.53. The van der Waals surface area contributed by atoms with Crippen molar-refractivity contribution in [3.8, 4) is 0 Å². The molecule has 4 aliphatic carbocycles. The molecule has 0 aliphatic heterocycles. The Hall–Kier alpha value is -0.520. The van der Waals surface area contributed by atoms with Crippen LogP contribution in [0.3, 0.4) is 0 Å². The van der Waals surface area contributed by atoms with Crippen molar-refractivity contribution in [2.45, 2.75) is 79.1 Å². The van der Waals surface area contributed by atoms with E-state index in [-0.39, 0.29) is 0 Å². The van der Waals surface area contributed by atoms with Crippen LogP contribution < -0.4 is 0 Å². The highest BCUT2D eigenvalue weighted by Crippen LogP contribution is 2.65. The highest BCUT2D eigenvalue weighted by Gasteiger charge is 2.55. The topological polar surface area (TPSA) is 0 Å². The molecule has 22 heavy (non-hydrogen) atoms. The molecule has 4 rings (SSSR count). The Kier molecular flexibility index (Phi) is 3.41. The number of hydrogen-bond acceptors (Lipinski definition) is 0. The van der Waals surface area contributed by atoms with Gasteiger partial charge >= 0.3 is 0 Å². The van der Waals surface area contributed by atoms with Gasteiger partial charge in [0.05, 0.1) is 0 Å². The third-order valence-electron chi connectivity index (χ3n) is 8.75. The van der Waals surface area contributed by atoms with Crippen LogP contribution in [0.4, 0.5) is 0 Å². The monoisotopic (exact) mass is 298 g/mol. The Morgan fingerprint density at radius 2 is 1.77 bits per heavy atom. The van der Waals surface area contributed by atoms with Crippen molar-refractivity contribution in [2.75, 3.05) is 0 Å². The van der Waals surface area contributed by atoms with Gasteiger partial charge in [-0.05, 0) is 86.4 Å². The molecule has 0 saturated heterocycles. The van der Waals surface area contributed by atoms with E-state index in [4.69, 9.17) is 0 Å². The molecule has 122 valence electrons. The van der Waals surface area contributed by atoms with Gasteiger partial charge < -0.3 is 0 Å². The molecule has 4 aliphatic rings. The van der Waals surface area contributed by atoms with Crippen LogP contribution in [0.15, 0.2) is 23.3 Å². The highest BCUT2D eigenvalue weighted by molar-refractivity contribution is 5.29. The van der Waals surface area contributed by atoms with Gasteiger partial charge in [-0.3, -0.25) is 0 Å². The smallest absolute Gasteiger partial charge is 0.00850 e. The zero-order valence-electron chi connectivity index (χ0n) is 15.1. The molecular weight excluding hydrogens is 264 g/mol. The number of fused-ring (bicyclic) bond motifs is 5. The molecule has 0 aromatic carbocycles. The third-order valence-corrected chi connectivity index (χ3v) is 8.75. The minimum Gasteiger partial charge on any atom is -0.0847 e. The SMILES string of the molecule is CCC1CCC2(C)C(=CCC3C4CC=C(C)C4(C)CCC32)C1. The van der Waals surface area contributed by atoms with Crippen LogP contribution in [0, 0.1) is 34.5 Å². The number of hydrogen-bond donors (Lipinski definition) is 0. The quantitative estimate of drug-likeness (QED) is 0.483. The first kappa shape index (κ1) is 15.0. The fourth-order valence-corrected chi connectivity index (χ4v) is 6.87. The summed E-state index contributed by atoms with van der Waals surface area (Å²) < 4.78 is 0. The zero-order chi connectivity index (χ0) is 15.5. The van der Waals surface area contributed by atoms with Gasteiger partial charge in [-0.15, -0.1) is 0 Å². The maximum Gasteiger partial charge on any atom is -0.00850 e. The lowest BCUT2D eigenvalue weighted by molar-refractivity contribution is -0.0211. The van der Waals surface area contributed by atoms with Gasteiger partial charge in [-0.25, -0.2) is 0 Å². The lowest BCUT2D eigenvalue weighted by Crippen LogP contribution is -2.49. The van der Waals surface area contributed by atoms with Crippen LogP contribution in [0.25, 0.3) is 0 Å². The van der Waals surface area contributed by atoms with Crippen LogP contribution in [0.1, 0.15) is 79.1 Å². The molecule has 0 heteroatoms. The molecule has 6 unspecified atom stereocenters. The molecule has 0 spiro atoms. The van der Waals surface area contributed by atoms with E-state index in [0.29, 0.717) is 10.8 Å². The van der Waals surface area contributed by atoms with Gasteiger partial charge in [-0.2, -0.15) is 0 Å². The van der Waals surface area contributed by atoms with E-state index < -0.39 is 0 Å². The van der Waals surface area contributed by atoms with Crippen molar-refractivity contribution >= 4 is 0 Å². The Balaban J connectivity index is 1.65. The van der Waals surface area contributed by atoms with Crippen LogP contribution in [0.5, 0.6) is 0 Å². The van der Waals surface area contributed by atoms with E-state index in [1.807, 2.05) is 5.57 Å². The average Bonchev–Trinajstić information content (AvgIpc) is 2.82. The van der Waals surface area contributed by atoms with Gasteiger partial charge in [0.25, 0.3) is 0 Å². The van der Waals surface area contributed by atoms with Gasteiger partial charge in [0.2, 0.25) is 0 Å². The first-order valence-electron chi connectivity index (χ1n) is 9.86. The van der Waals surface area contributed by atoms with E-state index in [9.17, 15) is 0 Å². The number of rotatable bonds is 1. The summed E-state index contributed by atoms with van der Waals surface area (Å²) in [4.78, 5) is 0. The second kappa shape index (κ2) is 4.99. The Bertz CT molecular complexity index is 524. The zero-order valence-corrected chi connectivity index (χ0v) is 15.1. The largest absolute Gasteiger partial charge is 0.0847 e. The second-order valence-corrected chi connectivity index (χ2v) is 9.36. The van der Waals surface area contributed by atoms with Gasteiger partial charge in [0, 0.05) is 0 Å². The number of allylic oxidation sites excluding steroid dienone is 4. The summed E-state index contributed by atoms with van der Waals surface area (Å²) >= 11 is 0. The van der Waals surface area contributed by atoms with E-state index in [1.54, 1.807) is 5.57 Å². The van der Waals surface area contributed by atoms with Gasteiger partial charge in [-0.1, -0.05) is 50.5 Å². The van der Waals surface area contributed by atoms with Crippen molar-refractivity contribution < 1.29 is 0 Å². The molecular formula is C22H34. The maximum absolute atomic E-state index is 2.71. The second-order valence-electron chi connectivity index (χ2n) is 9.36. The van der Waals surface area contributed by atoms with Crippen molar-refractivity contribution in [2.24, 2.45) is 34.5 Å². The summed E-state index contributed by atoms with van der Waals surface area (Å²) in [6.07, 6.45) is 16.7. The minimum atomic E-state index is 0.531. The van der Waals surface area contributed by atoms with Crippen molar-refractivity contribution in [1.29, 1.82) is 0 Å². The van der Waals surface area contributed by atoms with Gasteiger partial charge in [0.15, 0.2) is 0 Å². The summed E-state index contributed by atoms with van der Waals surface area (Å²) in [5.74, 6) is 3.84. The Morgan fingerprint density at radius 1 is 1.00 bits per heavy atom. The highest BCUT2D eigenvalue weighted by atomic mass is 14.6. The van der Waals surface area contributed by atoms with E-state index in [2.05, 4.69) is 39.8 Å². The Morgan fingerprint density at radius 3 is 2.55 bits per heavy atom. The molecule has 0 N–H and O–H groups in total. The fraction of sp³-hybridized carbons (Fsp3) is 0.818. The summed E-state index contributed by atoms with van der Waals surface area (Å²) in [5, 5.41) is 0. The normalized spacial score (nSPS) is 50.5. The lowest BCUT2D eigenvalue weighted by Gasteiger charge is -2.58. The first-order valence-corrected chi connectivity index (χ1v) is 9.86. The summed E-state index contributed by atoms with van der Waals surface area (Å²) in [6.45, 7) is 10.00. The van der Waals surface area contributed by atoms with Crippen molar-refractivity contribution in [1.82, 2.24) is 0 Å². The average molecular weight is 299 g/mol. The van der Waals surface area contributed by atoms with Crippen LogP contribution in [-0.4, -0.2) is 0 Å². The standard InChI is InChI=1S/C22H34/c1-5-16-10-12-22(4)17(14-16)7-8-18-19-9-6-15(2)21(19,3)13-11-20(18)22/h6-7,16,18-20H,5,8-14H2,1-4H3. The molecule has 0 aromatic rings. The lowest BCUT2D eigenvalue weighted by atomic mass is 9.47. The van der Waals surface area contributed by atoms with Crippen molar-refractivity contribution in [3.05, 3.63) is 23.3 Å². The molecule has 0 amide bonds. The molecule has 0 bridgehead atoms. The molecule has 0 heterocycles.